The number of fused-ring (bicyclic) bond motifs is 1. The summed E-state index contributed by atoms with van der Waals surface area (Å²) in [4.78, 5) is 67.3. The van der Waals surface area contributed by atoms with Gasteiger partial charge in [0.2, 0.25) is 17.7 Å². The molecule has 0 bridgehead atoms. The molecule has 3 heterocycles. The molecule has 0 aromatic heterocycles. The van der Waals surface area contributed by atoms with Crippen molar-refractivity contribution >= 4 is 29.5 Å². The Balaban J connectivity index is 1.27. The normalized spacial score (nSPS) is 20.1. The SMILES string of the molecule is CCOCC(=O)N1CCN(Cc2cccc(-c3ccc4c(c3)C(=O)N(C3CCC(=O)NC3=O)C4=O)c2)CC1. The zero-order valence-electron chi connectivity index (χ0n) is 21.3. The maximum atomic E-state index is 13.2. The van der Waals surface area contributed by atoms with Crippen LogP contribution in [-0.4, -0.2) is 89.7 Å². The molecule has 1 atom stereocenters. The van der Waals surface area contributed by atoms with E-state index in [0.29, 0.717) is 19.7 Å². The molecule has 2 saturated heterocycles. The lowest BCUT2D eigenvalue weighted by Crippen LogP contribution is -2.54. The smallest absolute Gasteiger partial charge is 0.262 e. The van der Waals surface area contributed by atoms with Crippen LogP contribution in [0.4, 0.5) is 0 Å². The quantitative estimate of drug-likeness (QED) is 0.552. The zero-order valence-corrected chi connectivity index (χ0v) is 21.3. The summed E-state index contributed by atoms with van der Waals surface area (Å²) in [6, 6.07) is 12.2. The summed E-state index contributed by atoms with van der Waals surface area (Å²) < 4.78 is 5.23. The van der Waals surface area contributed by atoms with E-state index in [1.807, 2.05) is 30.0 Å². The van der Waals surface area contributed by atoms with Gasteiger partial charge in [-0.25, -0.2) is 0 Å². The van der Waals surface area contributed by atoms with Gasteiger partial charge in [-0.1, -0.05) is 24.3 Å². The third-order valence-electron chi connectivity index (χ3n) is 7.26. The van der Waals surface area contributed by atoms with E-state index < -0.39 is 29.7 Å². The first kappa shape index (κ1) is 25.7. The fourth-order valence-electron chi connectivity index (χ4n) is 5.19. The molecule has 3 aliphatic rings. The minimum absolute atomic E-state index is 0.0225. The first-order valence-electron chi connectivity index (χ1n) is 12.9. The molecule has 5 amide bonds. The van der Waals surface area contributed by atoms with Crippen molar-refractivity contribution in [2.45, 2.75) is 32.4 Å². The van der Waals surface area contributed by atoms with E-state index >= 15 is 0 Å². The Hall–Kier alpha value is -3.89. The van der Waals surface area contributed by atoms with Gasteiger partial charge in [-0.15, -0.1) is 0 Å². The van der Waals surface area contributed by atoms with Gasteiger partial charge in [0.05, 0.1) is 11.1 Å². The zero-order chi connectivity index (χ0) is 26.8. The molecule has 1 unspecified atom stereocenters. The number of carbonyl (C=O) groups excluding carboxylic acids is 5. The monoisotopic (exact) mass is 518 g/mol. The Labute approximate surface area is 220 Å². The van der Waals surface area contributed by atoms with E-state index in [9.17, 15) is 24.0 Å². The molecule has 2 aromatic rings. The molecule has 198 valence electrons. The number of nitrogens with zero attached hydrogens (tertiary/aromatic N) is 3. The average Bonchev–Trinajstić information content (AvgIpc) is 3.17. The van der Waals surface area contributed by atoms with Crippen molar-refractivity contribution in [2.24, 2.45) is 0 Å². The first-order chi connectivity index (χ1) is 18.4. The molecule has 3 aliphatic heterocycles. The maximum Gasteiger partial charge on any atom is 0.262 e. The number of benzene rings is 2. The third kappa shape index (κ3) is 5.09. The maximum absolute atomic E-state index is 13.2. The Kier molecular flexibility index (Phi) is 7.35. The van der Waals surface area contributed by atoms with Crippen LogP contribution in [-0.2, 0) is 25.7 Å². The summed E-state index contributed by atoms with van der Waals surface area (Å²) in [5.74, 6) is -2.03. The van der Waals surface area contributed by atoms with Crippen LogP contribution in [0.5, 0.6) is 0 Å². The number of amides is 5. The average molecular weight is 519 g/mol. The van der Waals surface area contributed by atoms with Crippen LogP contribution >= 0.6 is 0 Å². The van der Waals surface area contributed by atoms with Gasteiger partial charge in [-0.2, -0.15) is 0 Å². The highest BCUT2D eigenvalue weighted by Gasteiger charge is 2.44. The molecule has 0 saturated carbocycles. The van der Waals surface area contributed by atoms with E-state index in [0.717, 1.165) is 41.2 Å². The number of carbonyl (C=O) groups is 5. The number of rotatable bonds is 7. The Morgan fingerprint density at radius 1 is 0.947 bits per heavy atom. The molecule has 0 radical (unpaired) electrons. The Bertz CT molecular complexity index is 1300. The molecule has 10 nitrogen and oxygen atoms in total. The lowest BCUT2D eigenvalue weighted by Gasteiger charge is -2.34. The summed E-state index contributed by atoms with van der Waals surface area (Å²) in [6.07, 6.45) is 0.209. The first-order valence-corrected chi connectivity index (χ1v) is 12.9. The number of hydrogen-bond donors (Lipinski definition) is 1. The minimum Gasteiger partial charge on any atom is -0.372 e. The molecule has 0 spiro atoms. The molecule has 1 N–H and O–H groups in total. The highest BCUT2D eigenvalue weighted by atomic mass is 16.5. The van der Waals surface area contributed by atoms with Gasteiger partial charge >= 0.3 is 0 Å². The van der Waals surface area contributed by atoms with Crippen molar-refractivity contribution in [1.82, 2.24) is 20.0 Å². The number of piperidine rings is 1. The summed E-state index contributed by atoms with van der Waals surface area (Å²) in [5.41, 5.74) is 3.33. The van der Waals surface area contributed by atoms with Crippen LogP contribution in [0.25, 0.3) is 11.1 Å². The Morgan fingerprint density at radius 2 is 1.68 bits per heavy atom. The van der Waals surface area contributed by atoms with Gasteiger partial charge in [0.1, 0.15) is 12.6 Å². The van der Waals surface area contributed by atoms with Crippen LogP contribution < -0.4 is 5.32 Å². The van der Waals surface area contributed by atoms with Crippen LogP contribution in [0.3, 0.4) is 0 Å². The second kappa shape index (κ2) is 10.8. The largest absolute Gasteiger partial charge is 0.372 e. The number of hydrogen-bond acceptors (Lipinski definition) is 7. The molecule has 10 heteroatoms. The molecule has 2 aromatic carbocycles. The van der Waals surface area contributed by atoms with Crippen LogP contribution in [0.2, 0.25) is 0 Å². The van der Waals surface area contributed by atoms with Crippen molar-refractivity contribution in [1.29, 1.82) is 0 Å². The predicted octanol–water partition coefficient (Wildman–Crippen LogP) is 1.44. The molecule has 38 heavy (non-hydrogen) atoms. The van der Waals surface area contributed by atoms with E-state index in [4.69, 9.17) is 4.74 Å². The van der Waals surface area contributed by atoms with Crippen molar-refractivity contribution in [3.63, 3.8) is 0 Å². The third-order valence-corrected chi connectivity index (χ3v) is 7.26. The van der Waals surface area contributed by atoms with Crippen molar-refractivity contribution in [3.05, 3.63) is 59.2 Å². The van der Waals surface area contributed by atoms with E-state index in [1.54, 1.807) is 18.2 Å². The Morgan fingerprint density at radius 3 is 2.42 bits per heavy atom. The van der Waals surface area contributed by atoms with Gasteiger partial charge in [0, 0.05) is 45.8 Å². The second-order valence-electron chi connectivity index (χ2n) is 9.70. The number of nitrogens with one attached hydrogen (secondary N) is 1. The summed E-state index contributed by atoms with van der Waals surface area (Å²) >= 11 is 0. The van der Waals surface area contributed by atoms with Gasteiger partial charge < -0.3 is 9.64 Å². The standard InChI is InChI=1S/C28H30N4O6/c1-2-38-17-25(34)31-12-10-30(11-13-31)16-18-4-3-5-19(14-18)20-6-7-21-22(15-20)28(37)32(27(21)36)23-8-9-24(33)29-26(23)35/h3-7,14-15,23H,2,8-13,16-17H2,1H3,(H,29,33,35). The van der Waals surface area contributed by atoms with Crippen LogP contribution in [0.1, 0.15) is 46.0 Å². The predicted molar refractivity (Wildman–Crippen MR) is 137 cm³/mol. The lowest BCUT2D eigenvalue weighted by atomic mass is 9.98. The second-order valence-corrected chi connectivity index (χ2v) is 9.70. The summed E-state index contributed by atoms with van der Waals surface area (Å²) in [6.45, 7) is 6.12. The van der Waals surface area contributed by atoms with Gasteiger partial charge in [0.15, 0.2) is 0 Å². The van der Waals surface area contributed by atoms with Crippen molar-refractivity contribution in [3.8, 4) is 11.1 Å². The van der Waals surface area contributed by atoms with E-state index in [-0.39, 0.29) is 36.5 Å². The molecular weight excluding hydrogens is 488 g/mol. The highest BCUT2D eigenvalue weighted by molar-refractivity contribution is 6.23. The van der Waals surface area contributed by atoms with Crippen LogP contribution in [0.15, 0.2) is 42.5 Å². The highest BCUT2D eigenvalue weighted by Crippen LogP contribution is 2.31. The van der Waals surface area contributed by atoms with E-state index in [1.165, 1.54) is 0 Å². The topological polar surface area (TPSA) is 116 Å². The molecule has 5 rings (SSSR count). The van der Waals surface area contributed by atoms with Gasteiger partial charge in [-0.05, 0) is 48.2 Å². The van der Waals surface area contributed by atoms with Gasteiger partial charge in [0.25, 0.3) is 11.8 Å². The summed E-state index contributed by atoms with van der Waals surface area (Å²) in [7, 11) is 0. The number of imide groups is 2. The lowest BCUT2D eigenvalue weighted by molar-refractivity contribution is -0.138. The van der Waals surface area contributed by atoms with Crippen molar-refractivity contribution in [2.75, 3.05) is 39.4 Å². The molecular formula is C28H30N4O6. The van der Waals surface area contributed by atoms with Gasteiger partial charge in [-0.3, -0.25) is 39.1 Å². The van der Waals surface area contributed by atoms with Crippen LogP contribution in [0, 0.1) is 0 Å². The fraction of sp³-hybridized carbons (Fsp3) is 0.393. The van der Waals surface area contributed by atoms with Crippen molar-refractivity contribution < 1.29 is 28.7 Å². The molecule has 0 aliphatic carbocycles. The van der Waals surface area contributed by atoms with E-state index in [2.05, 4.69) is 16.3 Å². The minimum atomic E-state index is -0.984. The fourth-order valence-corrected chi connectivity index (χ4v) is 5.19. The molecule has 2 fully saturated rings. The number of piperazine rings is 1. The summed E-state index contributed by atoms with van der Waals surface area (Å²) in [5, 5.41) is 2.21. The number of ether oxygens (including phenoxy) is 1.